The van der Waals surface area contributed by atoms with Gasteiger partial charge >= 0.3 is 68.8 Å². The normalized spacial score (nSPS) is 11.4. The molecule has 0 amide bonds. The molecule has 0 bridgehead atoms. The molecule has 2 N–H and O–H groups in total. The number of rotatable bonds is 6. The number of ether oxygens (including phenoxy) is 2. The van der Waals surface area contributed by atoms with Gasteiger partial charge < -0.3 is 19.7 Å². The van der Waals surface area contributed by atoms with E-state index in [9.17, 15) is 9.59 Å². The maximum absolute atomic E-state index is 10.4. The van der Waals surface area contributed by atoms with Gasteiger partial charge in [0.15, 0.2) is 12.2 Å². The summed E-state index contributed by atoms with van der Waals surface area (Å²) in [6.45, 7) is 6.93. The van der Waals surface area contributed by atoms with Crippen LogP contribution in [-0.4, -0.2) is 57.4 Å². The standard InChI is InChI=1S/2C10H12O3.C6H5.Sb/c2*1-7-3-5-9(6-4-7)13-8(2)10(11)12;1-2-4-6-5-3-1;/h2*3-6,8H,1-2H3,(H,11,12);1-5H;. The van der Waals surface area contributed by atoms with E-state index in [4.69, 9.17) is 19.7 Å². The Labute approximate surface area is 208 Å². The van der Waals surface area contributed by atoms with Crippen LogP contribution in [0.4, 0.5) is 0 Å². The molecule has 6 nitrogen and oxygen atoms in total. The van der Waals surface area contributed by atoms with E-state index in [0.717, 1.165) is 11.1 Å². The number of carboxylic acids is 2. The molecule has 0 aliphatic rings. The molecule has 174 valence electrons. The second-order valence-electron chi connectivity index (χ2n) is 7.16. The van der Waals surface area contributed by atoms with Crippen LogP contribution in [0, 0.1) is 13.8 Å². The fourth-order valence-corrected chi connectivity index (χ4v) is 2.66. The summed E-state index contributed by atoms with van der Waals surface area (Å²) < 4.78 is 11.6. The molecule has 7 heteroatoms. The molecule has 0 heterocycles. The predicted molar refractivity (Wildman–Crippen MR) is 130 cm³/mol. The Balaban J connectivity index is 0.000000259. The van der Waals surface area contributed by atoms with Gasteiger partial charge in [0.05, 0.1) is 0 Å². The molecule has 33 heavy (non-hydrogen) atoms. The zero-order valence-electron chi connectivity index (χ0n) is 19.1. The van der Waals surface area contributed by atoms with E-state index in [1.165, 1.54) is 17.4 Å². The number of hydrogen-bond donors (Lipinski definition) is 2. The van der Waals surface area contributed by atoms with Crippen molar-refractivity contribution in [3.05, 3.63) is 90.0 Å². The Morgan fingerprint density at radius 1 is 0.667 bits per heavy atom. The molecule has 2 radical (unpaired) electrons. The van der Waals surface area contributed by atoms with Crippen molar-refractivity contribution in [1.29, 1.82) is 0 Å². The molecule has 0 fully saturated rings. The first kappa shape index (κ1) is 28.1. The van der Waals surface area contributed by atoms with Crippen LogP contribution in [0.25, 0.3) is 0 Å². The summed E-state index contributed by atoms with van der Waals surface area (Å²) in [4.78, 5) is 20.9. The van der Waals surface area contributed by atoms with Gasteiger partial charge in [-0.25, -0.2) is 9.59 Å². The Kier molecular flexibility index (Phi) is 12.7. The molecule has 0 aliphatic carbocycles. The van der Waals surface area contributed by atoms with Crippen LogP contribution in [0.5, 0.6) is 11.5 Å². The summed E-state index contributed by atoms with van der Waals surface area (Å²) in [6.07, 6.45) is -1.61. The predicted octanol–water partition coefficient (Wildman–Crippen LogP) is 4.17. The van der Waals surface area contributed by atoms with E-state index in [2.05, 4.69) is 12.1 Å². The van der Waals surface area contributed by atoms with Gasteiger partial charge in [-0.15, -0.1) is 0 Å². The summed E-state index contributed by atoms with van der Waals surface area (Å²) >= 11 is 1.76. The van der Waals surface area contributed by atoms with Crippen molar-refractivity contribution < 1.29 is 29.3 Å². The third-order valence-electron chi connectivity index (χ3n) is 4.12. The van der Waals surface area contributed by atoms with Crippen LogP contribution in [0.1, 0.15) is 25.0 Å². The van der Waals surface area contributed by atoms with E-state index in [0.29, 0.717) is 11.5 Å². The monoisotopic (exact) mass is 558 g/mol. The maximum atomic E-state index is 10.4. The second-order valence-corrected chi connectivity index (χ2v) is 8.63. The molecule has 0 saturated carbocycles. The number of carboxylic acid groups (broad SMARTS) is 2. The summed E-state index contributed by atoms with van der Waals surface area (Å²) in [7, 11) is 0. The van der Waals surface area contributed by atoms with E-state index >= 15 is 0 Å². The molecule has 0 aliphatic heterocycles. The first-order chi connectivity index (χ1) is 15.6. The zero-order chi connectivity index (χ0) is 24.8. The second kappa shape index (κ2) is 15.0. The van der Waals surface area contributed by atoms with Crippen molar-refractivity contribution in [2.45, 2.75) is 39.9 Å². The van der Waals surface area contributed by atoms with Gasteiger partial charge in [-0.2, -0.15) is 0 Å². The fraction of sp³-hybridized carbons (Fsp3) is 0.231. The minimum absolute atomic E-state index is 0.584. The van der Waals surface area contributed by atoms with E-state index < -0.39 is 24.1 Å². The van der Waals surface area contributed by atoms with Crippen LogP contribution in [0.3, 0.4) is 0 Å². The van der Waals surface area contributed by atoms with E-state index in [-0.39, 0.29) is 0 Å². The molecule has 0 spiro atoms. The molecule has 3 aromatic rings. The molecule has 0 aromatic heterocycles. The van der Waals surface area contributed by atoms with Crippen LogP contribution < -0.4 is 13.0 Å². The van der Waals surface area contributed by atoms with Crippen molar-refractivity contribution in [3.63, 3.8) is 0 Å². The Morgan fingerprint density at radius 2 is 1.00 bits per heavy atom. The summed E-state index contributed by atoms with van der Waals surface area (Å²) in [6, 6.07) is 24.9. The molecular formula is C26H29O6Sb. The molecule has 3 rings (SSSR count). The summed E-state index contributed by atoms with van der Waals surface area (Å²) in [5, 5.41) is 17.1. The van der Waals surface area contributed by atoms with Crippen LogP contribution in [-0.2, 0) is 9.59 Å². The van der Waals surface area contributed by atoms with Crippen molar-refractivity contribution in [2.75, 3.05) is 0 Å². The number of benzene rings is 3. The van der Waals surface area contributed by atoms with Crippen molar-refractivity contribution in [2.24, 2.45) is 0 Å². The number of hydrogen-bond acceptors (Lipinski definition) is 4. The molecule has 2 atom stereocenters. The van der Waals surface area contributed by atoms with Crippen molar-refractivity contribution in [1.82, 2.24) is 0 Å². The Morgan fingerprint density at radius 3 is 1.24 bits per heavy atom. The van der Waals surface area contributed by atoms with E-state index in [1.54, 1.807) is 47.3 Å². The van der Waals surface area contributed by atoms with Gasteiger partial charge in [-0.1, -0.05) is 35.4 Å². The number of aliphatic carboxylic acids is 2. The fourth-order valence-electron chi connectivity index (χ4n) is 2.17. The van der Waals surface area contributed by atoms with Crippen LogP contribution in [0.2, 0.25) is 0 Å². The van der Waals surface area contributed by atoms with Gasteiger partial charge in [-0.05, 0) is 52.0 Å². The molecule has 3 aromatic carbocycles. The Bertz CT molecular complexity index is 908. The topological polar surface area (TPSA) is 93.1 Å². The summed E-state index contributed by atoms with van der Waals surface area (Å²) in [5.74, 6) is -0.748. The minimum atomic E-state index is -0.958. The van der Waals surface area contributed by atoms with Crippen molar-refractivity contribution >= 4 is 38.5 Å². The Hall–Kier alpha value is -2.98. The average Bonchev–Trinajstić information content (AvgIpc) is 2.78. The number of carbonyl (C=O) groups is 2. The van der Waals surface area contributed by atoms with Gasteiger partial charge in [0.1, 0.15) is 11.5 Å². The average molecular weight is 559 g/mol. The third-order valence-corrected chi connectivity index (χ3v) is 4.97. The van der Waals surface area contributed by atoms with Crippen LogP contribution >= 0.6 is 0 Å². The molecular weight excluding hydrogens is 530 g/mol. The van der Waals surface area contributed by atoms with Gasteiger partial charge in [0.25, 0.3) is 0 Å². The molecule has 0 saturated heterocycles. The van der Waals surface area contributed by atoms with E-state index in [1.807, 2.05) is 56.3 Å². The first-order valence-electron chi connectivity index (χ1n) is 10.2. The first-order valence-corrected chi connectivity index (χ1v) is 11.5. The van der Waals surface area contributed by atoms with Gasteiger partial charge in [-0.3, -0.25) is 0 Å². The van der Waals surface area contributed by atoms with Crippen molar-refractivity contribution in [3.8, 4) is 11.5 Å². The third kappa shape index (κ3) is 12.6. The SMILES string of the molecule is Cc1ccc(OC(C)C(=O)O)cc1.Cc1ccc(OC(C)C(=O)O)cc1.[Sb][c]1ccccc1. The zero-order valence-corrected chi connectivity index (χ0v) is 21.7. The number of aryl methyl sites for hydroxylation is 2. The van der Waals surface area contributed by atoms with Gasteiger partial charge in [0, 0.05) is 0 Å². The van der Waals surface area contributed by atoms with Crippen LogP contribution in [0.15, 0.2) is 78.9 Å². The van der Waals surface area contributed by atoms with Gasteiger partial charge in [0.2, 0.25) is 0 Å². The summed E-state index contributed by atoms with van der Waals surface area (Å²) in [5.41, 5.74) is 2.24. The molecule has 2 unspecified atom stereocenters. The quantitative estimate of drug-likeness (QED) is 0.441.